The normalized spacial score (nSPS) is 10.2. The molecule has 0 atom stereocenters. The van der Waals surface area contributed by atoms with E-state index in [-0.39, 0.29) is 17.2 Å². The van der Waals surface area contributed by atoms with Gasteiger partial charge in [-0.2, -0.15) is 0 Å². The van der Waals surface area contributed by atoms with Gasteiger partial charge in [0.2, 0.25) is 0 Å². The maximum Gasteiger partial charge on any atom is 0.255 e. The summed E-state index contributed by atoms with van der Waals surface area (Å²) in [5, 5.41) is 14.9. The second-order valence-corrected chi connectivity index (χ2v) is 4.40. The average Bonchev–Trinajstić information content (AvgIpc) is 2.73. The molecule has 2 N–H and O–H groups in total. The van der Waals surface area contributed by atoms with Gasteiger partial charge in [0.25, 0.3) is 5.91 Å². The van der Waals surface area contributed by atoms with E-state index in [0.717, 1.165) is 10.7 Å². The van der Waals surface area contributed by atoms with Gasteiger partial charge in [-0.25, -0.2) is 4.98 Å². The van der Waals surface area contributed by atoms with Crippen LogP contribution in [0, 0.1) is 6.92 Å². The summed E-state index contributed by atoms with van der Waals surface area (Å²) in [5.41, 5.74) is 1.15. The number of carbonyl (C=O) groups excluding carboxylic acids is 1. The van der Waals surface area contributed by atoms with Gasteiger partial charge in [0.15, 0.2) is 0 Å². The lowest BCUT2D eigenvalue weighted by Gasteiger charge is -2.04. The molecule has 88 valence electrons. The molecule has 5 nitrogen and oxygen atoms in total. The summed E-state index contributed by atoms with van der Waals surface area (Å²) in [6.07, 6.45) is 2.70. The molecule has 0 radical (unpaired) electrons. The number of rotatable bonds is 3. The van der Waals surface area contributed by atoms with Gasteiger partial charge in [-0.3, -0.25) is 9.78 Å². The average molecular weight is 249 g/mol. The van der Waals surface area contributed by atoms with E-state index in [0.29, 0.717) is 6.54 Å². The molecule has 0 fully saturated rings. The summed E-state index contributed by atoms with van der Waals surface area (Å²) in [4.78, 5) is 19.7. The number of aromatic nitrogens is 2. The van der Waals surface area contributed by atoms with Crippen LogP contribution < -0.4 is 5.32 Å². The Morgan fingerprint density at radius 2 is 2.41 bits per heavy atom. The van der Waals surface area contributed by atoms with E-state index >= 15 is 0 Å². The fourth-order valence-electron chi connectivity index (χ4n) is 1.31. The van der Waals surface area contributed by atoms with Gasteiger partial charge in [-0.1, -0.05) is 0 Å². The fourth-order valence-corrected chi connectivity index (χ4v) is 2.02. The van der Waals surface area contributed by atoms with E-state index in [1.807, 2.05) is 12.3 Å². The highest BCUT2D eigenvalue weighted by atomic mass is 32.1. The van der Waals surface area contributed by atoms with E-state index in [2.05, 4.69) is 15.3 Å². The van der Waals surface area contributed by atoms with Gasteiger partial charge < -0.3 is 10.4 Å². The number of aryl methyl sites for hydroxylation is 1. The highest BCUT2D eigenvalue weighted by Gasteiger charge is 2.10. The summed E-state index contributed by atoms with van der Waals surface area (Å²) < 4.78 is 0. The molecule has 6 heteroatoms. The molecule has 0 aliphatic carbocycles. The largest absolute Gasteiger partial charge is 0.505 e. The van der Waals surface area contributed by atoms with E-state index in [1.165, 1.54) is 29.8 Å². The van der Waals surface area contributed by atoms with Crippen LogP contribution in [0.15, 0.2) is 23.8 Å². The molecular formula is C11H11N3O2S. The maximum absolute atomic E-state index is 11.7. The van der Waals surface area contributed by atoms with Crippen LogP contribution in [0.2, 0.25) is 0 Å². The second-order valence-electron chi connectivity index (χ2n) is 3.46. The molecule has 0 saturated heterocycles. The summed E-state index contributed by atoms with van der Waals surface area (Å²) in [5.74, 6) is -0.460. The molecular weight excluding hydrogens is 238 g/mol. The predicted molar refractivity (Wildman–Crippen MR) is 63.9 cm³/mol. The van der Waals surface area contributed by atoms with Gasteiger partial charge >= 0.3 is 0 Å². The minimum atomic E-state index is -0.335. The Morgan fingerprint density at radius 3 is 3.06 bits per heavy atom. The Labute approximate surface area is 102 Å². The van der Waals surface area contributed by atoms with Crippen molar-refractivity contribution in [2.75, 3.05) is 0 Å². The molecule has 0 aliphatic heterocycles. The quantitative estimate of drug-likeness (QED) is 0.864. The van der Waals surface area contributed by atoms with Gasteiger partial charge in [0.05, 0.1) is 18.3 Å². The number of aromatic hydroxyl groups is 1. The summed E-state index contributed by atoms with van der Waals surface area (Å²) in [7, 11) is 0. The van der Waals surface area contributed by atoms with Crippen LogP contribution in [0.5, 0.6) is 5.75 Å². The third-order valence-electron chi connectivity index (χ3n) is 2.11. The lowest BCUT2D eigenvalue weighted by Crippen LogP contribution is -2.22. The van der Waals surface area contributed by atoms with Gasteiger partial charge in [0, 0.05) is 17.3 Å². The number of amides is 1. The topological polar surface area (TPSA) is 75.1 Å². The van der Waals surface area contributed by atoms with Crippen LogP contribution in [-0.4, -0.2) is 21.0 Å². The van der Waals surface area contributed by atoms with Crippen LogP contribution in [0.1, 0.15) is 21.1 Å². The van der Waals surface area contributed by atoms with Gasteiger partial charge in [-0.15, -0.1) is 11.3 Å². The van der Waals surface area contributed by atoms with Crippen LogP contribution >= 0.6 is 11.3 Å². The van der Waals surface area contributed by atoms with Crippen molar-refractivity contribution in [1.29, 1.82) is 0 Å². The second kappa shape index (κ2) is 4.92. The molecule has 2 aromatic rings. The van der Waals surface area contributed by atoms with Crippen molar-refractivity contribution in [1.82, 2.24) is 15.3 Å². The first-order valence-corrected chi connectivity index (χ1v) is 5.87. The van der Waals surface area contributed by atoms with Gasteiger partial charge in [0.1, 0.15) is 10.8 Å². The number of hydrogen-bond donors (Lipinski definition) is 2. The highest BCUT2D eigenvalue weighted by Crippen LogP contribution is 2.14. The first-order chi connectivity index (χ1) is 8.16. The predicted octanol–water partition coefficient (Wildman–Crippen LogP) is 1.48. The van der Waals surface area contributed by atoms with Crippen molar-refractivity contribution in [3.8, 4) is 5.75 Å². The van der Waals surface area contributed by atoms with E-state index < -0.39 is 0 Å². The number of pyridine rings is 1. The van der Waals surface area contributed by atoms with Crippen molar-refractivity contribution in [3.05, 3.63) is 40.1 Å². The monoisotopic (exact) mass is 249 g/mol. The third kappa shape index (κ3) is 2.79. The number of hydrogen-bond acceptors (Lipinski definition) is 5. The van der Waals surface area contributed by atoms with Crippen molar-refractivity contribution in [3.63, 3.8) is 0 Å². The van der Waals surface area contributed by atoms with Crippen molar-refractivity contribution in [2.45, 2.75) is 13.5 Å². The number of nitrogens with zero attached hydrogens (tertiary/aromatic N) is 2. The smallest absolute Gasteiger partial charge is 0.255 e. The Kier molecular flexibility index (Phi) is 3.34. The zero-order valence-electron chi connectivity index (χ0n) is 9.17. The Hall–Kier alpha value is -1.95. The summed E-state index contributed by atoms with van der Waals surface area (Å²) in [6.45, 7) is 2.26. The van der Waals surface area contributed by atoms with Crippen molar-refractivity contribution < 1.29 is 9.90 Å². The minimum absolute atomic E-state index is 0.125. The summed E-state index contributed by atoms with van der Waals surface area (Å²) >= 11 is 1.49. The van der Waals surface area contributed by atoms with Crippen LogP contribution in [0.3, 0.4) is 0 Å². The molecule has 2 heterocycles. The molecule has 2 rings (SSSR count). The van der Waals surface area contributed by atoms with E-state index in [1.54, 1.807) is 0 Å². The zero-order chi connectivity index (χ0) is 12.3. The standard InChI is InChI=1S/C11H11N3O2S/c1-7-6-17-10(14-7)5-13-11(16)8-2-3-12-4-9(8)15/h2-4,6,15H,5H2,1H3,(H,13,16). The molecule has 0 aromatic carbocycles. The minimum Gasteiger partial charge on any atom is -0.505 e. The SMILES string of the molecule is Cc1csc(CNC(=O)c2ccncc2O)n1. The molecule has 0 saturated carbocycles. The first kappa shape index (κ1) is 11.5. The fraction of sp³-hybridized carbons (Fsp3) is 0.182. The van der Waals surface area contributed by atoms with E-state index in [9.17, 15) is 9.90 Å². The molecule has 0 bridgehead atoms. The van der Waals surface area contributed by atoms with Crippen LogP contribution in [0.25, 0.3) is 0 Å². The molecule has 0 spiro atoms. The molecule has 1 amide bonds. The van der Waals surface area contributed by atoms with Crippen molar-refractivity contribution >= 4 is 17.2 Å². The molecule has 17 heavy (non-hydrogen) atoms. The van der Waals surface area contributed by atoms with Crippen LogP contribution in [0.4, 0.5) is 0 Å². The number of nitrogens with one attached hydrogen (secondary N) is 1. The Bertz CT molecular complexity index is 539. The summed E-state index contributed by atoms with van der Waals surface area (Å²) in [6, 6.07) is 1.47. The molecule has 0 aliphatic rings. The number of carbonyl (C=O) groups is 1. The lowest BCUT2D eigenvalue weighted by molar-refractivity contribution is 0.0948. The molecule has 0 unspecified atom stereocenters. The lowest BCUT2D eigenvalue weighted by atomic mass is 10.2. The highest BCUT2D eigenvalue weighted by molar-refractivity contribution is 7.09. The molecule has 2 aromatic heterocycles. The van der Waals surface area contributed by atoms with Crippen molar-refractivity contribution in [2.24, 2.45) is 0 Å². The van der Waals surface area contributed by atoms with E-state index in [4.69, 9.17) is 0 Å². The number of thiazole rings is 1. The van der Waals surface area contributed by atoms with Gasteiger partial charge in [-0.05, 0) is 13.0 Å². The zero-order valence-corrected chi connectivity index (χ0v) is 9.99. The Balaban J connectivity index is 2.01. The Morgan fingerprint density at radius 1 is 1.59 bits per heavy atom. The third-order valence-corrected chi connectivity index (χ3v) is 3.08. The maximum atomic E-state index is 11.7. The van der Waals surface area contributed by atoms with Crippen LogP contribution in [-0.2, 0) is 6.54 Å². The first-order valence-electron chi connectivity index (χ1n) is 4.99.